The highest BCUT2D eigenvalue weighted by Crippen LogP contribution is 2.32. The molecule has 10 heteroatoms. The molecule has 4 rings (SSSR count). The number of benzene rings is 3. The summed E-state index contributed by atoms with van der Waals surface area (Å²) in [4.78, 5) is 30.9. The summed E-state index contributed by atoms with van der Waals surface area (Å²) in [6.07, 6.45) is 1.47. The van der Waals surface area contributed by atoms with Gasteiger partial charge in [-0.1, -0.05) is 20.8 Å². The van der Waals surface area contributed by atoms with Crippen molar-refractivity contribution in [1.82, 2.24) is 4.98 Å². The van der Waals surface area contributed by atoms with Gasteiger partial charge in [0.2, 0.25) is 0 Å². The third-order valence-electron chi connectivity index (χ3n) is 7.04. The number of methoxy groups -OCH3 is 3. The quantitative estimate of drug-likeness (QED) is 0.204. The van der Waals surface area contributed by atoms with E-state index in [1.54, 1.807) is 69.7 Å². The summed E-state index contributed by atoms with van der Waals surface area (Å²) < 4.78 is 21.9. The average Bonchev–Trinajstić information content (AvgIpc) is 3.03. The first-order chi connectivity index (χ1) is 21.4. The second-order valence-electron chi connectivity index (χ2n) is 11.3. The lowest BCUT2D eigenvalue weighted by atomic mass is 9.84. The number of aryl methyl sites for hydroxylation is 1. The van der Waals surface area contributed by atoms with Gasteiger partial charge in [0.05, 0.1) is 55.6 Å². The lowest BCUT2D eigenvalue weighted by Gasteiger charge is -2.22. The Morgan fingerprint density at radius 1 is 0.800 bits per heavy atom. The van der Waals surface area contributed by atoms with Gasteiger partial charge in [0.15, 0.2) is 0 Å². The monoisotopic (exact) mass is 608 g/mol. The van der Waals surface area contributed by atoms with Crippen molar-refractivity contribution < 1.29 is 28.5 Å². The van der Waals surface area contributed by atoms with Crippen LogP contribution >= 0.6 is 0 Å². The first kappa shape index (κ1) is 32.4. The van der Waals surface area contributed by atoms with Crippen LogP contribution in [0.15, 0.2) is 66.9 Å². The molecule has 3 aromatic carbocycles. The molecule has 0 aliphatic carbocycles. The van der Waals surface area contributed by atoms with E-state index in [9.17, 15) is 14.9 Å². The summed E-state index contributed by atoms with van der Waals surface area (Å²) in [7, 11) is 4.59. The number of aromatic nitrogens is 1. The maximum Gasteiger partial charge on any atom is 0.259 e. The van der Waals surface area contributed by atoms with Crippen LogP contribution in [0.25, 0.3) is 0 Å². The molecule has 232 valence electrons. The van der Waals surface area contributed by atoms with Gasteiger partial charge in [0.1, 0.15) is 35.7 Å². The summed E-state index contributed by atoms with van der Waals surface area (Å²) >= 11 is 0. The Morgan fingerprint density at radius 3 is 2.00 bits per heavy atom. The van der Waals surface area contributed by atoms with E-state index in [1.165, 1.54) is 13.3 Å². The number of hydrogen-bond acceptors (Lipinski definition) is 8. The highest BCUT2D eigenvalue weighted by Gasteiger charge is 2.23. The molecule has 1 heterocycles. The van der Waals surface area contributed by atoms with Crippen molar-refractivity contribution >= 4 is 23.2 Å². The molecule has 0 unspecified atom stereocenters. The van der Waals surface area contributed by atoms with Gasteiger partial charge < -0.3 is 29.6 Å². The molecule has 0 fully saturated rings. The molecule has 10 nitrogen and oxygen atoms in total. The van der Waals surface area contributed by atoms with Crippen LogP contribution in [-0.2, 0) is 12.0 Å². The number of amides is 2. The van der Waals surface area contributed by atoms with Crippen molar-refractivity contribution in [1.29, 1.82) is 5.26 Å². The minimum atomic E-state index is -0.491. The van der Waals surface area contributed by atoms with Gasteiger partial charge in [0, 0.05) is 11.8 Å². The second-order valence-corrected chi connectivity index (χ2v) is 11.3. The Morgan fingerprint density at radius 2 is 1.42 bits per heavy atom. The summed E-state index contributed by atoms with van der Waals surface area (Å²) in [6.45, 7) is 7.99. The van der Waals surface area contributed by atoms with Crippen molar-refractivity contribution in [3.05, 3.63) is 100 Å². The molecule has 0 bridgehead atoms. The Labute approximate surface area is 262 Å². The number of nitrogens with one attached hydrogen (secondary N) is 2. The molecule has 45 heavy (non-hydrogen) atoms. The molecule has 0 saturated carbocycles. The van der Waals surface area contributed by atoms with Crippen molar-refractivity contribution in [3.8, 4) is 29.1 Å². The molecule has 0 aliphatic rings. The molecule has 0 saturated heterocycles. The third-order valence-corrected chi connectivity index (χ3v) is 7.04. The molecule has 0 spiro atoms. The highest BCUT2D eigenvalue weighted by molar-refractivity contribution is 6.09. The summed E-state index contributed by atoms with van der Waals surface area (Å²) in [5, 5.41) is 15.3. The minimum absolute atomic E-state index is 0.177. The van der Waals surface area contributed by atoms with E-state index >= 15 is 0 Å². The van der Waals surface area contributed by atoms with E-state index in [1.807, 2.05) is 32.9 Å². The maximum atomic E-state index is 13.4. The van der Waals surface area contributed by atoms with Gasteiger partial charge in [-0.25, -0.2) is 0 Å². The molecule has 4 aromatic rings. The standard InChI is InChI=1S/C35H36N4O6/c1-21-30(16-26(19-37-21)39-34(41)31-15-24(35(2,3)4)14-23(18-36)32(31)44-7)33(40)38-25-8-10-27(11-9-25)45-20-22-12-28(42-5)17-29(13-22)43-6/h8-17,19H,20H2,1-7H3,(H,38,40)(H,39,41). The number of carbonyl (C=O) groups is 2. The first-order valence-corrected chi connectivity index (χ1v) is 14.1. The van der Waals surface area contributed by atoms with Gasteiger partial charge in [-0.2, -0.15) is 5.26 Å². The van der Waals surface area contributed by atoms with Crippen molar-refractivity contribution in [2.24, 2.45) is 0 Å². The maximum absolute atomic E-state index is 13.4. The Kier molecular flexibility index (Phi) is 9.94. The number of anilines is 2. The molecule has 2 N–H and O–H groups in total. The summed E-state index contributed by atoms with van der Waals surface area (Å²) in [6, 6.07) is 19.6. The number of nitrogens with zero attached hydrogens (tertiary/aromatic N) is 2. The number of pyridine rings is 1. The zero-order chi connectivity index (χ0) is 32.7. The first-order valence-electron chi connectivity index (χ1n) is 14.1. The largest absolute Gasteiger partial charge is 0.497 e. The van der Waals surface area contributed by atoms with Gasteiger partial charge in [-0.05, 0) is 78.1 Å². The smallest absolute Gasteiger partial charge is 0.259 e. The lowest BCUT2D eigenvalue weighted by Crippen LogP contribution is -2.19. The molecular formula is C35H36N4O6. The summed E-state index contributed by atoms with van der Waals surface area (Å²) in [5.41, 5.74) is 3.49. The van der Waals surface area contributed by atoms with E-state index in [0.717, 1.165) is 11.1 Å². The second kappa shape index (κ2) is 13.8. The predicted octanol–water partition coefficient (Wildman–Crippen LogP) is 6.67. The molecule has 2 amide bonds. The number of nitriles is 1. The molecule has 0 radical (unpaired) electrons. The lowest BCUT2D eigenvalue weighted by molar-refractivity contribution is 0.101. The highest BCUT2D eigenvalue weighted by atomic mass is 16.5. The number of hydrogen-bond donors (Lipinski definition) is 2. The average molecular weight is 609 g/mol. The fourth-order valence-corrected chi connectivity index (χ4v) is 4.51. The van der Waals surface area contributed by atoms with Crippen LogP contribution in [0.2, 0.25) is 0 Å². The van der Waals surface area contributed by atoms with Crippen molar-refractivity contribution in [2.45, 2.75) is 39.7 Å². The zero-order valence-corrected chi connectivity index (χ0v) is 26.4. The van der Waals surface area contributed by atoms with Crippen LogP contribution in [0.5, 0.6) is 23.0 Å². The SMILES string of the molecule is COc1cc(COc2ccc(NC(=O)c3cc(NC(=O)c4cc(C(C)(C)C)cc(C#N)c4OC)cnc3C)cc2)cc(OC)c1. The van der Waals surface area contributed by atoms with E-state index < -0.39 is 11.8 Å². The Balaban J connectivity index is 1.46. The molecule has 0 atom stereocenters. The van der Waals surface area contributed by atoms with E-state index in [-0.39, 0.29) is 27.9 Å². The van der Waals surface area contributed by atoms with Crippen LogP contribution in [-0.4, -0.2) is 38.1 Å². The van der Waals surface area contributed by atoms with E-state index in [0.29, 0.717) is 40.9 Å². The Bertz CT molecular complexity index is 1730. The van der Waals surface area contributed by atoms with Gasteiger partial charge in [-0.3, -0.25) is 14.6 Å². The topological polar surface area (TPSA) is 132 Å². The van der Waals surface area contributed by atoms with Crippen LogP contribution in [0, 0.1) is 18.3 Å². The van der Waals surface area contributed by atoms with Crippen LogP contribution in [0.1, 0.15) is 63.9 Å². The van der Waals surface area contributed by atoms with Crippen molar-refractivity contribution in [3.63, 3.8) is 0 Å². The normalized spacial score (nSPS) is 10.8. The van der Waals surface area contributed by atoms with Gasteiger partial charge in [0.25, 0.3) is 11.8 Å². The predicted molar refractivity (Wildman–Crippen MR) is 172 cm³/mol. The molecule has 0 aliphatic heterocycles. The van der Waals surface area contributed by atoms with Gasteiger partial charge in [-0.15, -0.1) is 0 Å². The third kappa shape index (κ3) is 7.89. The molecular weight excluding hydrogens is 572 g/mol. The van der Waals surface area contributed by atoms with Crippen LogP contribution in [0.3, 0.4) is 0 Å². The van der Waals surface area contributed by atoms with E-state index in [4.69, 9.17) is 18.9 Å². The molecule has 1 aromatic heterocycles. The van der Waals surface area contributed by atoms with Crippen molar-refractivity contribution in [2.75, 3.05) is 32.0 Å². The van der Waals surface area contributed by atoms with E-state index in [2.05, 4.69) is 21.7 Å². The summed E-state index contributed by atoms with van der Waals surface area (Å²) in [5.74, 6) is 1.24. The Hall–Kier alpha value is -5.56. The van der Waals surface area contributed by atoms with Crippen LogP contribution < -0.4 is 29.6 Å². The van der Waals surface area contributed by atoms with Gasteiger partial charge >= 0.3 is 0 Å². The minimum Gasteiger partial charge on any atom is -0.497 e. The number of ether oxygens (including phenoxy) is 4. The zero-order valence-electron chi connectivity index (χ0n) is 26.4. The number of carbonyl (C=O) groups excluding carboxylic acids is 2. The van der Waals surface area contributed by atoms with Crippen LogP contribution in [0.4, 0.5) is 11.4 Å². The fourth-order valence-electron chi connectivity index (χ4n) is 4.51. The fraction of sp³-hybridized carbons (Fsp3) is 0.257. The number of rotatable bonds is 10.